The Morgan fingerprint density at radius 3 is 2.35 bits per heavy atom. The Labute approximate surface area is 184 Å². The molecule has 0 saturated carbocycles. The SMILES string of the molecule is CC(c1ccc(-c2ccc(OCC(=O)N(C)C)c3ccccc23)cc1)N1CCOCC1. The van der Waals surface area contributed by atoms with Crippen molar-refractivity contribution < 1.29 is 14.3 Å². The fourth-order valence-corrected chi connectivity index (χ4v) is 4.03. The fraction of sp³-hybridized carbons (Fsp3) is 0.346. The number of carbonyl (C=O) groups is 1. The number of hydrogen-bond acceptors (Lipinski definition) is 4. The van der Waals surface area contributed by atoms with Crippen molar-refractivity contribution in [2.75, 3.05) is 47.0 Å². The lowest BCUT2D eigenvalue weighted by Crippen LogP contribution is -2.37. The van der Waals surface area contributed by atoms with Crippen molar-refractivity contribution in [2.24, 2.45) is 0 Å². The van der Waals surface area contributed by atoms with Crippen LogP contribution < -0.4 is 4.74 Å². The number of benzene rings is 3. The van der Waals surface area contributed by atoms with Gasteiger partial charge < -0.3 is 14.4 Å². The summed E-state index contributed by atoms with van der Waals surface area (Å²) >= 11 is 0. The number of morpholine rings is 1. The normalized spacial score (nSPS) is 15.6. The Hall–Kier alpha value is -2.89. The molecular weight excluding hydrogens is 388 g/mol. The molecule has 1 saturated heterocycles. The van der Waals surface area contributed by atoms with Gasteiger partial charge in [0.15, 0.2) is 6.61 Å². The van der Waals surface area contributed by atoms with Gasteiger partial charge in [0.2, 0.25) is 0 Å². The zero-order valence-corrected chi connectivity index (χ0v) is 18.5. The molecule has 1 atom stereocenters. The highest BCUT2D eigenvalue weighted by Gasteiger charge is 2.18. The molecule has 0 spiro atoms. The van der Waals surface area contributed by atoms with Gasteiger partial charge >= 0.3 is 0 Å². The van der Waals surface area contributed by atoms with Crippen LogP contribution in [-0.2, 0) is 9.53 Å². The maximum Gasteiger partial charge on any atom is 0.259 e. The molecule has 162 valence electrons. The minimum Gasteiger partial charge on any atom is -0.483 e. The first-order chi connectivity index (χ1) is 15.0. The van der Waals surface area contributed by atoms with Gasteiger partial charge in [0.05, 0.1) is 13.2 Å². The molecule has 0 aliphatic carbocycles. The topological polar surface area (TPSA) is 42.0 Å². The Bertz CT molecular complexity index is 1040. The Morgan fingerprint density at radius 2 is 1.68 bits per heavy atom. The van der Waals surface area contributed by atoms with Gasteiger partial charge in [-0.3, -0.25) is 9.69 Å². The molecule has 0 radical (unpaired) electrons. The number of nitrogens with zero attached hydrogens (tertiary/aromatic N) is 2. The molecule has 3 aromatic carbocycles. The van der Waals surface area contributed by atoms with Crippen LogP contribution in [-0.4, -0.2) is 62.7 Å². The zero-order valence-electron chi connectivity index (χ0n) is 18.5. The molecule has 0 N–H and O–H groups in total. The Morgan fingerprint density at radius 1 is 1.00 bits per heavy atom. The standard InChI is InChI=1S/C26H30N2O3/c1-19(28-14-16-30-17-15-28)20-8-10-21(11-9-20)22-12-13-25(31-18-26(29)27(2)3)24-7-5-4-6-23(22)24/h4-13,19H,14-18H2,1-3H3. The highest BCUT2D eigenvalue weighted by Crippen LogP contribution is 2.35. The van der Waals surface area contributed by atoms with Gasteiger partial charge in [-0.1, -0.05) is 54.6 Å². The smallest absolute Gasteiger partial charge is 0.259 e. The maximum atomic E-state index is 11.9. The van der Waals surface area contributed by atoms with Gasteiger partial charge in [-0.25, -0.2) is 0 Å². The minimum atomic E-state index is -0.0573. The predicted octanol–water partition coefficient (Wildman–Crippen LogP) is 4.37. The van der Waals surface area contributed by atoms with Crippen molar-refractivity contribution in [1.82, 2.24) is 9.80 Å². The molecule has 1 fully saturated rings. The van der Waals surface area contributed by atoms with Crippen molar-refractivity contribution in [3.63, 3.8) is 0 Å². The summed E-state index contributed by atoms with van der Waals surface area (Å²) in [5, 5.41) is 2.13. The second-order valence-corrected chi connectivity index (χ2v) is 8.18. The molecule has 5 nitrogen and oxygen atoms in total. The fourth-order valence-electron chi connectivity index (χ4n) is 4.03. The lowest BCUT2D eigenvalue weighted by Gasteiger charge is -2.32. The monoisotopic (exact) mass is 418 g/mol. The average molecular weight is 419 g/mol. The third-order valence-corrected chi connectivity index (χ3v) is 6.03. The van der Waals surface area contributed by atoms with Gasteiger partial charge in [-0.2, -0.15) is 0 Å². The van der Waals surface area contributed by atoms with Gasteiger partial charge in [0.25, 0.3) is 5.91 Å². The number of rotatable bonds is 6. The molecule has 1 amide bonds. The summed E-state index contributed by atoms with van der Waals surface area (Å²) in [5.41, 5.74) is 3.65. The molecule has 0 bridgehead atoms. The van der Waals surface area contributed by atoms with Crippen LogP contribution in [0.5, 0.6) is 5.75 Å². The summed E-state index contributed by atoms with van der Waals surface area (Å²) in [6, 6.07) is 21.5. The van der Waals surface area contributed by atoms with E-state index in [0.717, 1.165) is 48.4 Å². The third-order valence-electron chi connectivity index (χ3n) is 6.03. The zero-order chi connectivity index (χ0) is 21.8. The largest absolute Gasteiger partial charge is 0.483 e. The van der Waals surface area contributed by atoms with Crippen LogP contribution in [0, 0.1) is 0 Å². The molecule has 1 aliphatic rings. The van der Waals surface area contributed by atoms with E-state index in [9.17, 15) is 4.79 Å². The summed E-state index contributed by atoms with van der Waals surface area (Å²) < 4.78 is 11.3. The first-order valence-electron chi connectivity index (χ1n) is 10.8. The van der Waals surface area contributed by atoms with Crippen LogP contribution in [0.1, 0.15) is 18.5 Å². The molecule has 0 aromatic heterocycles. The highest BCUT2D eigenvalue weighted by molar-refractivity contribution is 6.00. The van der Waals surface area contributed by atoms with Crippen LogP contribution in [0.25, 0.3) is 21.9 Å². The number of amides is 1. The van der Waals surface area contributed by atoms with Gasteiger partial charge in [0, 0.05) is 38.6 Å². The Kier molecular flexibility index (Phi) is 6.54. The molecule has 5 heteroatoms. The quantitative estimate of drug-likeness (QED) is 0.596. The minimum absolute atomic E-state index is 0.0322. The molecule has 31 heavy (non-hydrogen) atoms. The lowest BCUT2D eigenvalue weighted by molar-refractivity contribution is -0.130. The number of carbonyl (C=O) groups excluding carboxylic acids is 1. The number of ether oxygens (including phenoxy) is 2. The van der Waals surface area contributed by atoms with Crippen LogP contribution >= 0.6 is 0 Å². The van der Waals surface area contributed by atoms with E-state index in [1.54, 1.807) is 14.1 Å². The van der Waals surface area contributed by atoms with E-state index in [1.165, 1.54) is 16.0 Å². The van der Waals surface area contributed by atoms with Crippen molar-refractivity contribution in [1.29, 1.82) is 0 Å². The van der Waals surface area contributed by atoms with Crippen molar-refractivity contribution in [3.05, 3.63) is 66.2 Å². The lowest BCUT2D eigenvalue weighted by atomic mass is 9.95. The predicted molar refractivity (Wildman–Crippen MR) is 124 cm³/mol. The van der Waals surface area contributed by atoms with Gasteiger partial charge in [-0.15, -0.1) is 0 Å². The van der Waals surface area contributed by atoms with E-state index in [4.69, 9.17) is 9.47 Å². The molecule has 1 heterocycles. The van der Waals surface area contributed by atoms with Crippen LogP contribution in [0.3, 0.4) is 0 Å². The number of hydrogen-bond donors (Lipinski definition) is 0. The average Bonchev–Trinajstić information content (AvgIpc) is 2.82. The summed E-state index contributed by atoms with van der Waals surface area (Å²) in [6.45, 7) is 5.87. The summed E-state index contributed by atoms with van der Waals surface area (Å²) in [4.78, 5) is 15.9. The van der Waals surface area contributed by atoms with E-state index in [0.29, 0.717) is 6.04 Å². The Balaban J connectivity index is 1.59. The van der Waals surface area contributed by atoms with Gasteiger partial charge in [-0.05, 0) is 35.1 Å². The number of fused-ring (bicyclic) bond motifs is 1. The van der Waals surface area contributed by atoms with Gasteiger partial charge in [0.1, 0.15) is 5.75 Å². The first kappa shape index (κ1) is 21.3. The molecule has 1 unspecified atom stereocenters. The first-order valence-corrected chi connectivity index (χ1v) is 10.8. The van der Waals surface area contributed by atoms with E-state index < -0.39 is 0 Å². The molecule has 1 aliphatic heterocycles. The molecule has 4 rings (SSSR count). The molecular formula is C26H30N2O3. The molecule has 3 aromatic rings. The highest BCUT2D eigenvalue weighted by atomic mass is 16.5. The third kappa shape index (κ3) is 4.73. The van der Waals surface area contributed by atoms with Crippen LogP contribution in [0.4, 0.5) is 0 Å². The second-order valence-electron chi connectivity index (χ2n) is 8.18. The van der Waals surface area contributed by atoms with Crippen LogP contribution in [0.15, 0.2) is 60.7 Å². The van der Waals surface area contributed by atoms with Crippen molar-refractivity contribution in [3.8, 4) is 16.9 Å². The maximum absolute atomic E-state index is 11.9. The van der Waals surface area contributed by atoms with E-state index in [1.807, 2.05) is 24.3 Å². The van der Waals surface area contributed by atoms with E-state index >= 15 is 0 Å². The van der Waals surface area contributed by atoms with Crippen molar-refractivity contribution in [2.45, 2.75) is 13.0 Å². The van der Waals surface area contributed by atoms with Crippen molar-refractivity contribution >= 4 is 16.7 Å². The van der Waals surface area contributed by atoms with E-state index in [-0.39, 0.29) is 12.5 Å². The van der Waals surface area contributed by atoms with E-state index in [2.05, 4.69) is 48.2 Å². The second kappa shape index (κ2) is 9.50. The summed E-state index contributed by atoms with van der Waals surface area (Å²) in [5.74, 6) is 0.672. The summed E-state index contributed by atoms with van der Waals surface area (Å²) in [6.07, 6.45) is 0. The number of likely N-dealkylation sites (N-methyl/N-ethyl adjacent to an activating group) is 1. The van der Waals surface area contributed by atoms with Crippen LogP contribution in [0.2, 0.25) is 0 Å². The summed E-state index contributed by atoms with van der Waals surface area (Å²) in [7, 11) is 3.47.